The average Bonchev–Trinajstić information content (AvgIpc) is 3.06. The molecule has 0 aromatic carbocycles. The van der Waals surface area contributed by atoms with Crippen LogP contribution in [0.25, 0.3) is 0 Å². The number of nitrogens with zero attached hydrogens (tertiary/aromatic N) is 3. The minimum atomic E-state index is 0.0167. The van der Waals surface area contributed by atoms with Crippen molar-refractivity contribution >= 4 is 28.7 Å². The molecule has 2 aromatic rings. The lowest BCUT2D eigenvalue weighted by Gasteiger charge is -2.16. The highest BCUT2D eigenvalue weighted by atomic mass is 32.1. The van der Waals surface area contributed by atoms with Gasteiger partial charge in [0.2, 0.25) is 0 Å². The molecule has 0 unspecified atom stereocenters. The quantitative estimate of drug-likeness (QED) is 0.942. The molecule has 0 aliphatic carbocycles. The minimum absolute atomic E-state index is 0.0167. The summed E-state index contributed by atoms with van der Waals surface area (Å²) in [6, 6.07) is 5.92. The highest BCUT2D eigenvalue weighted by Gasteiger charge is 2.26. The van der Waals surface area contributed by atoms with Gasteiger partial charge in [-0.2, -0.15) is 5.10 Å². The van der Waals surface area contributed by atoms with Crippen molar-refractivity contribution in [2.24, 2.45) is 5.92 Å². The van der Waals surface area contributed by atoms with Gasteiger partial charge in [-0.15, -0.1) is 16.4 Å². The van der Waals surface area contributed by atoms with Crippen molar-refractivity contribution in [3.8, 4) is 0 Å². The van der Waals surface area contributed by atoms with Gasteiger partial charge in [0.15, 0.2) is 5.82 Å². The fourth-order valence-corrected chi connectivity index (χ4v) is 3.50. The Labute approximate surface area is 134 Å². The Morgan fingerprint density at radius 3 is 2.91 bits per heavy atom. The van der Waals surface area contributed by atoms with Crippen LogP contribution in [0.3, 0.4) is 0 Å². The van der Waals surface area contributed by atoms with Gasteiger partial charge in [-0.25, -0.2) is 0 Å². The number of hydrogen-bond donors (Lipinski definition) is 1. The summed E-state index contributed by atoms with van der Waals surface area (Å²) < 4.78 is 0. The lowest BCUT2D eigenvalue weighted by molar-refractivity contribution is 0.0953. The zero-order valence-electron chi connectivity index (χ0n) is 13.1. The van der Waals surface area contributed by atoms with Crippen molar-refractivity contribution in [2.45, 2.75) is 27.2 Å². The van der Waals surface area contributed by atoms with Crippen LogP contribution in [0.5, 0.6) is 0 Å². The molecule has 0 fully saturated rings. The summed E-state index contributed by atoms with van der Waals surface area (Å²) in [5, 5.41) is 11.3. The second-order valence-electron chi connectivity index (χ2n) is 5.96. The van der Waals surface area contributed by atoms with Gasteiger partial charge >= 0.3 is 0 Å². The molecular formula is C16H20N4OS. The third-order valence-corrected chi connectivity index (χ3v) is 4.78. The minimum Gasteiger partial charge on any atom is -0.351 e. The van der Waals surface area contributed by atoms with Crippen LogP contribution in [0, 0.1) is 12.8 Å². The van der Waals surface area contributed by atoms with Crippen molar-refractivity contribution in [3.63, 3.8) is 0 Å². The number of aromatic nitrogens is 2. The Morgan fingerprint density at radius 2 is 2.23 bits per heavy atom. The molecule has 0 saturated heterocycles. The molecule has 2 aromatic heterocycles. The van der Waals surface area contributed by atoms with Crippen molar-refractivity contribution < 1.29 is 4.79 Å². The van der Waals surface area contributed by atoms with Gasteiger partial charge in [-0.3, -0.25) is 4.79 Å². The molecule has 116 valence electrons. The molecule has 0 atom stereocenters. The molecular weight excluding hydrogens is 296 g/mol. The van der Waals surface area contributed by atoms with Gasteiger partial charge in [-0.1, -0.05) is 13.8 Å². The van der Waals surface area contributed by atoms with Crippen molar-refractivity contribution in [3.05, 3.63) is 33.6 Å². The van der Waals surface area contributed by atoms with Crippen LogP contribution >= 0.6 is 11.3 Å². The second-order valence-corrected chi connectivity index (χ2v) is 7.09. The SMILES string of the molecule is Cc1ccc(N2CCc3sc(C(=O)NCC(C)C)cc32)nn1. The number of anilines is 2. The summed E-state index contributed by atoms with van der Waals surface area (Å²) in [5.41, 5.74) is 2.00. The molecule has 0 saturated carbocycles. The molecule has 5 nitrogen and oxygen atoms in total. The molecule has 1 aliphatic heterocycles. The maximum Gasteiger partial charge on any atom is 0.261 e. The maximum atomic E-state index is 12.2. The third-order valence-electron chi connectivity index (χ3n) is 3.59. The normalized spacial score (nSPS) is 13.5. The topological polar surface area (TPSA) is 58.1 Å². The number of thiophene rings is 1. The number of nitrogens with one attached hydrogen (secondary N) is 1. The maximum absolute atomic E-state index is 12.2. The van der Waals surface area contributed by atoms with E-state index in [-0.39, 0.29) is 5.91 Å². The van der Waals surface area contributed by atoms with Crippen LogP contribution in [-0.2, 0) is 6.42 Å². The molecule has 0 radical (unpaired) electrons. The first-order chi connectivity index (χ1) is 10.5. The number of amides is 1. The zero-order valence-corrected chi connectivity index (χ0v) is 13.9. The lowest BCUT2D eigenvalue weighted by Crippen LogP contribution is -2.26. The van der Waals surface area contributed by atoms with E-state index in [4.69, 9.17) is 0 Å². The molecule has 1 amide bonds. The van der Waals surface area contributed by atoms with Gasteiger partial charge < -0.3 is 10.2 Å². The largest absolute Gasteiger partial charge is 0.351 e. The van der Waals surface area contributed by atoms with E-state index in [0.29, 0.717) is 12.5 Å². The Balaban J connectivity index is 1.79. The van der Waals surface area contributed by atoms with E-state index >= 15 is 0 Å². The highest BCUT2D eigenvalue weighted by Crippen LogP contribution is 2.39. The van der Waals surface area contributed by atoms with Crippen LogP contribution in [0.4, 0.5) is 11.5 Å². The first-order valence-electron chi connectivity index (χ1n) is 7.53. The van der Waals surface area contributed by atoms with Gasteiger partial charge in [0.25, 0.3) is 5.91 Å². The summed E-state index contributed by atoms with van der Waals surface area (Å²) in [7, 11) is 0. The summed E-state index contributed by atoms with van der Waals surface area (Å²) in [6.07, 6.45) is 0.951. The predicted molar refractivity (Wildman–Crippen MR) is 89.0 cm³/mol. The second kappa shape index (κ2) is 6.04. The first kappa shape index (κ1) is 15.0. The van der Waals surface area contributed by atoms with Crippen LogP contribution in [-0.4, -0.2) is 29.2 Å². The number of fused-ring (bicyclic) bond motifs is 1. The fraction of sp³-hybridized carbons (Fsp3) is 0.438. The Hall–Kier alpha value is -1.95. The van der Waals surface area contributed by atoms with E-state index in [1.807, 2.05) is 25.1 Å². The van der Waals surface area contributed by atoms with E-state index < -0.39 is 0 Å². The molecule has 0 spiro atoms. The van der Waals surface area contributed by atoms with Gasteiger partial charge in [-0.05, 0) is 31.0 Å². The molecule has 6 heteroatoms. The number of hydrogen-bond acceptors (Lipinski definition) is 5. The van der Waals surface area contributed by atoms with Crippen LogP contribution in [0.1, 0.15) is 34.1 Å². The van der Waals surface area contributed by atoms with Crippen molar-refractivity contribution in [1.29, 1.82) is 0 Å². The number of aryl methyl sites for hydroxylation is 1. The molecule has 1 aliphatic rings. The molecule has 3 heterocycles. The predicted octanol–water partition coefficient (Wildman–Crippen LogP) is 2.93. The molecule has 1 N–H and O–H groups in total. The van der Waals surface area contributed by atoms with Gasteiger partial charge in [0.05, 0.1) is 16.3 Å². The van der Waals surface area contributed by atoms with E-state index in [2.05, 4.69) is 34.3 Å². The number of rotatable bonds is 4. The summed E-state index contributed by atoms with van der Waals surface area (Å²) in [6.45, 7) is 7.70. The molecule has 3 rings (SSSR count). The number of carbonyl (C=O) groups is 1. The summed E-state index contributed by atoms with van der Waals surface area (Å²) in [4.78, 5) is 16.4. The summed E-state index contributed by atoms with van der Waals surface area (Å²) >= 11 is 1.58. The van der Waals surface area contributed by atoms with E-state index in [0.717, 1.165) is 35.0 Å². The fourth-order valence-electron chi connectivity index (χ4n) is 2.43. The van der Waals surface area contributed by atoms with Crippen LogP contribution < -0.4 is 10.2 Å². The molecule has 22 heavy (non-hydrogen) atoms. The van der Waals surface area contributed by atoms with Gasteiger partial charge in [0.1, 0.15) is 0 Å². The summed E-state index contributed by atoms with van der Waals surface area (Å²) in [5.74, 6) is 1.31. The smallest absolute Gasteiger partial charge is 0.261 e. The Bertz CT molecular complexity index is 678. The van der Waals surface area contributed by atoms with E-state index in [9.17, 15) is 4.79 Å². The Morgan fingerprint density at radius 1 is 1.41 bits per heavy atom. The zero-order chi connectivity index (χ0) is 15.7. The number of carbonyl (C=O) groups excluding carboxylic acids is 1. The lowest BCUT2D eigenvalue weighted by atomic mass is 10.2. The first-order valence-corrected chi connectivity index (χ1v) is 8.35. The van der Waals surface area contributed by atoms with Crippen LogP contribution in [0.15, 0.2) is 18.2 Å². The van der Waals surface area contributed by atoms with Crippen molar-refractivity contribution in [1.82, 2.24) is 15.5 Å². The van der Waals surface area contributed by atoms with Crippen LogP contribution in [0.2, 0.25) is 0 Å². The Kier molecular flexibility index (Phi) is 4.11. The average molecular weight is 316 g/mol. The third kappa shape index (κ3) is 2.97. The monoisotopic (exact) mass is 316 g/mol. The standard InChI is InChI=1S/C16H20N4OS/c1-10(2)9-17-16(21)14-8-12-13(22-14)6-7-20(12)15-5-4-11(3)18-19-15/h4-5,8,10H,6-7,9H2,1-3H3,(H,17,21). The van der Waals surface area contributed by atoms with Gasteiger partial charge in [0, 0.05) is 24.4 Å². The molecule has 0 bridgehead atoms. The van der Waals surface area contributed by atoms with E-state index in [1.165, 1.54) is 4.88 Å². The van der Waals surface area contributed by atoms with E-state index in [1.54, 1.807) is 11.3 Å². The van der Waals surface area contributed by atoms with Crippen molar-refractivity contribution in [2.75, 3.05) is 18.0 Å². The highest BCUT2D eigenvalue weighted by molar-refractivity contribution is 7.14.